The molecule has 0 aliphatic carbocycles. The molecule has 0 aromatic carbocycles. The Labute approximate surface area is 78.2 Å². The van der Waals surface area contributed by atoms with Gasteiger partial charge in [-0.1, -0.05) is 6.92 Å². The van der Waals surface area contributed by atoms with Crippen LogP contribution < -0.4 is 5.32 Å². The van der Waals surface area contributed by atoms with Crippen LogP contribution in [0.25, 0.3) is 0 Å². The molecule has 0 amide bonds. The second-order valence-corrected chi connectivity index (χ2v) is 3.11. The minimum Gasteiger partial charge on any atom is -0.310 e. The van der Waals surface area contributed by atoms with Crippen molar-refractivity contribution in [2.24, 2.45) is 0 Å². The molecule has 1 atom stereocenters. The van der Waals surface area contributed by atoms with E-state index in [0.29, 0.717) is 0 Å². The number of rotatable bonds is 4. The molecule has 0 aliphatic heterocycles. The molecular weight excluding hydrogens is 167 g/mol. The van der Waals surface area contributed by atoms with Crippen LogP contribution in [0.4, 0.5) is 4.39 Å². The summed E-state index contributed by atoms with van der Waals surface area (Å²) >= 11 is 0. The number of pyridine rings is 1. The van der Waals surface area contributed by atoms with Crippen molar-refractivity contribution in [3.63, 3.8) is 0 Å². The van der Waals surface area contributed by atoms with E-state index in [4.69, 9.17) is 0 Å². The van der Waals surface area contributed by atoms with Gasteiger partial charge in [-0.05, 0) is 31.5 Å². The normalized spacial score (nSPS) is 12.8. The highest BCUT2D eigenvalue weighted by Crippen LogP contribution is 2.11. The zero-order valence-corrected chi connectivity index (χ0v) is 8.05. The van der Waals surface area contributed by atoms with Crippen LogP contribution in [0.5, 0.6) is 0 Å². The van der Waals surface area contributed by atoms with Gasteiger partial charge in [0.05, 0.1) is 6.20 Å². The van der Waals surface area contributed by atoms with E-state index in [-0.39, 0.29) is 11.9 Å². The van der Waals surface area contributed by atoms with Crippen LogP contribution in [-0.2, 0) is 0 Å². The Morgan fingerprint density at radius 3 is 2.92 bits per heavy atom. The highest BCUT2D eigenvalue weighted by molar-refractivity contribution is 5.13. The zero-order valence-electron chi connectivity index (χ0n) is 8.05. The van der Waals surface area contributed by atoms with Crippen molar-refractivity contribution in [2.75, 3.05) is 6.54 Å². The summed E-state index contributed by atoms with van der Waals surface area (Å²) in [5.74, 6) is -0.275. The molecule has 0 spiro atoms. The fourth-order valence-corrected chi connectivity index (χ4v) is 1.14. The molecule has 13 heavy (non-hydrogen) atoms. The topological polar surface area (TPSA) is 24.9 Å². The summed E-state index contributed by atoms with van der Waals surface area (Å²) in [4.78, 5) is 3.80. The van der Waals surface area contributed by atoms with Gasteiger partial charge >= 0.3 is 0 Å². The maximum absolute atomic E-state index is 12.8. The molecule has 1 unspecified atom stereocenters. The summed E-state index contributed by atoms with van der Waals surface area (Å²) in [7, 11) is 0. The first-order valence-electron chi connectivity index (χ1n) is 4.58. The van der Waals surface area contributed by atoms with Crippen molar-refractivity contribution in [1.29, 1.82) is 0 Å². The minimum atomic E-state index is -0.275. The fourth-order valence-electron chi connectivity index (χ4n) is 1.14. The Morgan fingerprint density at radius 1 is 1.54 bits per heavy atom. The second kappa shape index (κ2) is 4.92. The van der Waals surface area contributed by atoms with Crippen LogP contribution >= 0.6 is 0 Å². The molecule has 0 saturated heterocycles. The van der Waals surface area contributed by atoms with Gasteiger partial charge in [-0.15, -0.1) is 0 Å². The van der Waals surface area contributed by atoms with Gasteiger partial charge in [-0.2, -0.15) is 0 Å². The molecule has 1 aromatic rings. The Kier molecular flexibility index (Phi) is 3.83. The van der Waals surface area contributed by atoms with E-state index in [1.54, 1.807) is 6.20 Å². The summed E-state index contributed by atoms with van der Waals surface area (Å²) in [5, 5.41) is 3.27. The summed E-state index contributed by atoms with van der Waals surface area (Å²) in [6.45, 7) is 5.05. The zero-order chi connectivity index (χ0) is 9.68. The molecule has 1 N–H and O–H groups in total. The number of hydrogen-bond donors (Lipinski definition) is 1. The van der Waals surface area contributed by atoms with Crippen molar-refractivity contribution in [3.05, 3.63) is 29.8 Å². The van der Waals surface area contributed by atoms with Gasteiger partial charge in [-0.3, -0.25) is 4.98 Å². The third kappa shape index (κ3) is 3.11. The average Bonchev–Trinajstić information content (AvgIpc) is 2.14. The van der Waals surface area contributed by atoms with Crippen molar-refractivity contribution in [3.8, 4) is 0 Å². The predicted molar refractivity (Wildman–Crippen MR) is 50.9 cm³/mol. The van der Waals surface area contributed by atoms with Crippen LogP contribution in [-0.4, -0.2) is 11.5 Å². The lowest BCUT2D eigenvalue weighted by Gasteiger charge is -2.12. The molecule has 3 heteroatoms. The first kappa shape index (κ1) is 10.1. The molecule has 0 radical (unpaired) electrons. The van der Waals surface area contributed by atoms with Gasteiger partial charge < -0.3 is 5.32 Å². The average molecular weight is 182 g/mol. The molecule has 0 saturated carbocycles. The van der Waals surface area contributed by atoms with Crippen molar-refractivity contribution in [1.82, 2.24) is 10.3 Å². The number of hydrogen-bond acceptors (Lipinski definition) is 2. The molecule has 0 aliphatic rings. The van der Waals surface area contributed by atoms with Crippen LogP contribution in [0, 0.1) is 5.82 Å². The highest BCUT2D eigenvalue weighted by Gasteiger charge is 2.04. The third-order valence-electron chi connectivity index (χ3n) is 1.93. The van der Waals surface area contributed by atoms with Crippen molar-refractivity contribution >= 4 is 0 Å². The molecule has 0 bridgehead atoms. The lowest BCUT2D eigenvalue weighted by Crippen LogP contribution is -2.19. The Morgan fingerprint density at radius 2 is 2.31 bits per heavy atom. The maximum Gasteiger partial charge on any atom is 0.141 e. The van der Waals surface area contributed by atoms with Crippen molar-refractivity contribution in [2.45, 2.75) is 26.3 Å². The van der Waals surface area contributed by atoms with E-state index in [2.05, 4.69) is 17.2 Å². The van der Waals surface area contributed by atoms with Gasteiger partial charge in [0, 0.05) is 12.2 Å². The summed E-state index contributed by atoms with van der Waals surface area (Å²) in [5.41, 5.74) is 0.897. The SMILES string of the molecule is CCCNC(C)c1cncc(F)c1. The minimum absolute atomic E-state index is 0.170. The maximum atomic E-state index is 12.8. The highest BCUT2D eigenvalue weighted by atomic mass is 19.1. The van der Waals surface area contributed by atoms with E-state index in [1.165, 1.54) is 12.3 Å². The largest absolute Gasteiger partial charge is 0.310 e. The lowest BCUT2D eigenvalue weighted by atomic mass is 10.1. The summed E-state index contributed by atoms with van der Waals surface area (Å²) in [6.07, 6.45) is 3.99. The van der Waals surface area contributed by atoms with Gasteiger partial charge in [0.1, 0.15) is 5.82 Å². The van der Waals surface area contributed by atoms with Crippen LogP contribution in [0.1, 0.15) is 31.9 Å². The van der Waals surface area contributed by atoms with Gasteiger partial charge in [-0.25, -0.2) is 4.39 Å². The summed E-state index contributed by atoms with van der Waals surface area (Å²) < 4.78 is 12.8. The van der Waals surface area contributed by atoms with E-state index in [9.17, 15) is 4.39 Å². The van der Waals surface area contributed by atoms with Crippen LogP contribution in [0.15, 0.2) is 18.5 Å². The number of nitrogens with zero attached hydrogens (tertiary/aromatic N) is 1. The molecule has 0 fully saturated rings. The standard InChI is InChI=1S/C10H15FN2/c1-3-4-13-8(2)9-5-10(11)7-12-6-9/h5-8,13H,3-4H2,1-2H3. The first-order valence-corrected chi connectivity index (χ1v) is 4.58. The molecule has 1 aromatic heterocycles. The number of nitrogens with one attached hydrogen (secondary N) is 1. The number of halogens is 1. The number of aromatic nitrogens is 1. The monoisotopic (exact) mass is 182 g/mol. The lowest BCUT2D eigenvalue weighted by molar-refractivity contribution is 0.558. The Balaban J connectivity index is 2.60. The second-order valence-electron chi connectivity index (χ2n) is 3.11. The van der Waals surface area contributed by atoms with E-state index in [0.717, 1.165) is 18.5 Å². The Hall–Kier alpha value is -0.960. The van der Waals surface area contributed by atoms with Gasteiger partial charge in [0.15, 0.2) is 0 Å². The molecule has 2 nitrogen and oxygen atoms in total. The Bertz CT molecular complexity index is 263. The molecule has 1 rings (SSSR count). The smallest absolute Gasteiger partial charge is 0.141 e. The summed E-state index contributed by atoms with van der Waals surface area (Å²) in [6, 6.07) is 1.68. The third-order valence-corrected chi connectivity index (χ3v) is 1.93. The van der Waals surface area contributed by atoms with Crippen LogP contribution in [0.3, 0.4) is 0 Å². The quantitative estimate of drug-likeness (QED) is 0.772. The fraction of sp³-hybridized carbons (Fsp3) is 0.500. The van der Waals surface area contributed by atoms with E-state index >= 15 is 0 Å². The van der Waals surface area contributed by atoms with Crippen molar-refractivity contribution < 1.29 is 4.39 Å². The van der Waals surface area contributed by atoms with Crippen LogP contribution in [0.2, 0.25) is 0 Å². The molecule has 1 heterocycles. The first-order chi connectivity index (χ1) is 6.24. The molecular formula is C10H15FN2. The van der Waals surface area contributed by atoms with E-state index in [1.807, 2.05) is 6.92 Å². The predicted octanol–water partition coefficient (Wildman–Crippen LogP) is 2.28. The van der Waals surface area contributed by atoms with Gasteiger partial charge in [0.2, 0.25) is 0 Å². The molecule has 72 valence electrons. The van der Waals surface area contributed by atoms with E-state index < -0.39 is 0 Å². The van der Waals surface area contributed by atoms with Gasteiger partial charge in [0.25, 0.3) is 0 Å².